The molecule has 2 aromatic carbocycles. The molecule has 1 fully saturated rings. The van der Waals surface area contributed by atoms with Crippen molar-refractivity contribution in [2.75, 3.05) is 10.5 Å². The summed E-state index contributed by atoms with van der Waals surface area (Å²) in [6.07, 6.45) is 0. The third-order valence-electron chi connectivity index (χ3n) is 3.99. The molecule has 0 spiro atoms. The first-order chi connectivity index (χ1) is 11.8. The number of amides is 1. The van der Waals surface area contributed by atoms with Crippen LogP contribution in [0.2, 0.25) is 0 Å². The van der Waals surface area contributed by atoms with E-state index in [1.165, 1.54) is 11.8 Å². The van der Waals surface area contributed by atoms with Gasteiger partial charge < -0.3 is 5.32 Å². The van der Waals surface area contributed by atoms with Crippen molar-refractivity contribution in [1.29, 1.82) is 0 Å². The van der Waals surface area contributed by atoms with Gasteiger partial charge in [0.2, 0.25) is 5.91 Å². The van der Waals surface area contributed by atoms with Gasteiger partial charge in [-0.25, -0.2) is 8.42 Å². The van der Waals surface area contributed by atoms with Crippen LogP contribution in [-0.4, -0.2) is 20.1 Å². The fourth-order valence-electron chi connectivity index (χ4n) is 3.13. The summed E-state index contributed by atoms with van der Waals surface area (Å²) in [5.74, 6) is 0.412. The lowest BCUT2D eigenvalue weighted by Crippen LogP contribution is -2.19. The van der Waals surface area contributed by atoms with Crippen LogP contribution < -0.4 is 10.0 Å². The molecule has 132 valence electrons. The lowest BCUT2D eigenvalue weighted by atomic mass is 10.1. The summed E-state index contributed by atoms with van der Waals surface area (Å²) in [7, 11) is -3.69. The van der Waals surface area contributed by atoms with E-state index in [0.717, 1.165) is 22.3 Å². The third-order valence-corrected chi connectivity index (χ3v) is 6.83. The van der Waals surface area contributed by atoms with E-state index in [1.807, 2.05) is 25.1 Å². The molecule has 0 radical (unpaired) electrons. The van der Waals surface area contributed by atoms with Crippen LogP contribution >= 0.6 is 11.8 Å². The second-order valence-corrected chi connectivity index (χ2v) is 8.93. The maximum atomic E-state index is 12.9. The summed E-state index contributed by atoms with van der Waals surface area (Å²) in [4.78, 5) is 11.7. The minimum absolute atomic E-state index is 0.00751. The standard InChI is InChI=1S/C18H20N2O3S2/c1-11-7-12(2)17(13(3)8-11)25(22,23)20-15-6-4-5-14(9-15)18-19-16(21)10-24-18/h4-9,18,20H,10H2,1-3H3,(H,19,21). The highest BCUT2D eigenvalue weighted by Gasteiger charge is 2.24. The van der Waals surface area contributed by atoms with Gasteiger partial charge in [-0.05, 0) is 49.6 Å². The van der Waals surface area contributed by atoms with Gasteiger partial charge in [-0.1, -0.05) is 29.8 Å². The maximum Gasteiger partial charge on any atom is 0.262 e. The Kier molecular flexibility index (Phi) is 4.79. The van der Waals surface area contributed by atoms with Gasteiger partial charge in [0, 0.05) is 5.69 Å². The third kappa shape index (κ3) is 3.82. The predicted molar refractivity (Wildman–Crippen MR) is 101 cm³/mol. The van der Waals surface area contributed by atoms with Gasteiger partial charge in [-0.3, -0.25) is 9.52 Å². The average Bonchev–Trinajstić information content (AvgIpc) is 2.92. The zero-order chi connectivity index (χ0) is 18.2. The molecule has 2 N–H and O–H groups in total. The summed E-state index contributed by atoms with van der Waals surface area (Å²) < 4.78 is 28.4. The first kappa shape index (κ1) is 17.8. The van der Waals surface area contributed by atoms with Gasteiger partial charge in [0.25, 0.3) is 10.0 Å². The highest BCUT2D eigenvalue weighted by atomic mass is 32.2. The summed E-state index contributed by atoms with van der Waals surface area (Å²) >= 11 is 1.50. The van der Waals surface area contributed by atoms with E-state index >= 15 is 0 Å². The van der Waals surface area contributed by atoms with Gasteiger partial charge in [0.05, 0.1) is 10.6 Å². The van der Waals surface area contributed by atoms with Crippen LogP contribution in [0, 0.1) is 20.8 Å². The van der Waals surface area contributed by atoms with Crippen molar-refractivity contribution < 1.29 is 13.2 Å². The quantitative estimate of drug-likeness (QED) is 0.859. The minimum Gasteiger partial charge on any atom is -0.339 e. The van der Waals surface area contributed by atoms with Crippen LogP contribution in [0.15, 0.2) is 41.3 Å². The van der Waals surface area contributed by atoms with Crippen molar-refractivity contribution >= 4 is 33.4 Å². The monoisotopic (exact) mass is 376 g/mol. The number of rotatable bonds is 4. The molecule has 0 bridgehead atoms. The molecular weight excluding hydrogens is 356 g/mol. The van der Waals surface area contributed by atoms with Crippen LogP contribution in [0.25, 0.3) is 0 Å². The molecule has 1 aliphatic rings. The maximum absolute atomic E-state index is 12.9. The second-order valence-electron chi connectivity index (χ2n) is 6.22. The number of carbonyl (C=O) groups excluding carboxylic acids is 1. The highest BCUT2D eigenvalue weighted by molar-refractivity contribution is 8.00. The fourth-order valence-corrected chi connectivity index (χ4v) is 5.59. The molecule has 1 saturated heterocycles. The van der Waals surface area contributed by atoms with Crippen molar-refractivity contribution in [2.24, 2.45) is 0 Å². The fraction of sp³-hybridized carbons (Fsp3) is 0.278. The smallest absolute Gasteiger partial charge is 0.262 e. The molecule has 1 aliphatic heterocycles. The van der Waals surface area contributed by atoms with Crippen LogP contribution in [0.1, 0.15) is 27.6 Å². The summed E-state index contributed by atoms with van der Waals surface area (Å²) in [5.41, 5.74) is 3.83. The van der Waals surface area contributed by atoms with Crippen molar-refractivity contribution in [3.05, 3.63) is 58.7 Å². The number of nitrogens with one attached hydrogen (secondary N) is 2. The van der Waals surface area contributed by atoms with E-state index in [9.17, 15) is 13.2 Å². The zero-order valence-corrected chi connectivity index (χ0v) is 15.9. The molecular formula is C18H20N2O3S2. The Morgan fingerprint density at radius 2 is 1.80 bits per heavy atom. The van der Waals surface area contributed by atoms with E-state index in [0.29, 0.717) is 16.3 Å². The van der Waals surface area contributed by atoms with Crippen molar-refractivity contribution in [1.82, 2.24) is 5.32 Å². The lowest BCUT2D eigenvalue weighted by Gasteiger charge is -2.15. The Morgan fingerprint density at radius 3 is 2.40 bits per heavy atom. The number of aryl methyl sites for hydroxylation is 3. The van der Waals surface area contributed by atoms with Crippen molar-refractivity contribution in [3.8, 4) is 0 Å². The first-order valence-corrected chi connectivity index (χ1v) is 10.4. The van der Waals surface area contributed by atoms with Gasteiger partial charge >= 0.3 is 0 Å². The molecule has 7 heteroatoms. The Balaban J connectivity index is 1.90. The number of thioether (sulfide) groups is 1. The molecule has 1 unspecified atom stereocenters. The summed E-state index contributed by atoms with van der Waals surface area (Å²) in [5, 5.41) is 2.72. The normalized spacial score (nSPS) is 17.4. The van der Waals surface area contributed by atoms with Gasteiger partial charge in [-0.15, -0.1) is 11.8 Å². The molecule has 1 atom stereocenters. The molecule has 25 heavy (non-hydrogen) atoms. The second kappa shape index (κ2) is 6.72. The lowest BCUT2D eigenvalue weighted by molar-refractivity contribution is -0.118. The van der Waals surface area contributed by atoms with Crippen LogP contribution in [0.5, 0.6) is 0 Å². The molecule has 5 nitrogen and oxygen atoms in total. The molecule has 1 amide bonds. The number of anilines is 1. The first-order valence-electron chi connectivity index (χ1n) is 7.88. The largest absolute Gasteiger partial charge is 0.339 e. The topological polar surface area (TPSA) is 75.3 Å². The SMILES string of the molecule is Cc1cc(C)c(S(=O)(=O)Nc2cccc(C3NC(=O)CS3)c2)c(C)c1. The van der Waals surface area contributed by atoms with Crippen LogP contribution in [0.4, 0.5) is 5.69 Å². The molecule has 3 rings (SSSR count). The highest BCUT2D eigenvalue weighted by Crippen LogP contribution is 2.32. The van der Waals surface area contributed by atoms with E-state index in [-0.39, 0.29) is 11.3 Å². The Bertz CT molecular complexity index is 916. The molecule has 0 aromatic heterocycles. The number of hydrogen-bond acceptors (Lipinski definition) is 4. The molecule has 0 saturated carbocycles. The van der Waals surface area contributed by atoms with E-state index < -0.39 is 10.0 Å². The van der Waals surface area contributed by atoms with E-state index in [4.69, 9.17) is 0 Å². The summed E-state index contributed by atoms with van der Waals surface area (Å²) in [6.45, 7) is 5.55. The molecule has 2 aromatic rings. The molecule has 0 aliphatic carbocycles. The van der Waals surface area contributed by atoms with Gasteiger partial charge in [-0.2, -0.15) is 0 Å². The van der Waals surface area contributed by atoms with Crippen LogP contribution in [0.3, 0.4) is 0 Å². The summed E-state index contributed by atoms with van der Waals surface area (Å²) in [6, 6.07) is 10.9. The minimum atomic E-state index is -3.69. The number of benzene rings is 2. The van der Waals surface area contributed by atoms with E-state index in [1.54, 1.807) is 32.0 Å². The van der Waals surface area contributed by atoms with Crippen molar-refractivity contribution in [3.63, 3.8) is 0 Å². The van der Waals surface area contributed by atoms with E-state index in [2.05, 4.69) is 10.0 Å². The number of sulfonamides is 1. The number of hydrogen-bond donors (Lipinski definition) is 2. The van der Waals surface area contributed by atoms with Crippen LogP contribution in [-0.2, 0) is 14.8 Å². The Labute approximate surface area is 152 Å². The Hall–Kier alpha value is -1.99. The average molecular weight is 377 g/mol. The molecule has 1 heterocycles. The Morgan fingerprint density at radius 1 is 1.12 bits per heavy atom. The zero-order valence-electron chi connectivity index (χ0n) is 14.3. The van der Waals surface area contributed by atoms with Gasteiger partial charge in [0.15, 0.2) is 0 Å². The van der Waals surface area contributed by atoms with Crippen molar-refractivity contribution in [2.45, 2.75) is 31.0 Å². The van der Waals surface area contributed by atoms with Gasteiger partial charge in [0.1, 0.15) is 5.37 Å². The predicted octanol–water partition coefficient (Wildman–Crippen LogP) is 3.27. The number of carbonyl (C=O) groups is 1.